The third kappa shape index (κ3) is 3.36. The zero-order chi connectivity index (χ0) is 13.9. The van der Waals surface area contributed by atoms with E-state index in [0.717, 1.165) is 0 Å². The molecule has 1 amide bonds. The SMILES string of the molecule is CC(O)(CNC(=O)c1ccc(Cl)cc1)c1ccco1. The first-order valence-corrected chi connectivity index (χ1v) is 6.17. The van der Waals surface area contributed by atoms with Crippen LogP contribution in [0.25, 0.3) is 0 Å². The van der Waals surface area contributed by atoms with E-state index in [9.17, 15) is 9.90 Å². The molecule has 0 saturated heterocycles. The van der Waals surface area contributed by atoms with Crippen LogP contribution in [-0.4, -0.2) is 17.6 Å². The highest BCUT2D eigenvalue weighted by molar-refractivity contribution is 6.30. The summed E-state index contributed by atoms with van der Waals surface area (Å²) in [4.78, 5) is 11.9. The molecule has 5 heteroatoms. The lowest BCUT2D eigenvalue weighted by atomic mass is 10.0. The van der Waals surface area contributed by atoms with Gasteiger partial charge in [-0.25, -0.2) is 0 Å². The molecule has 1 aromatic heterocycles. The summed E-state index contributed by atoms with van der Waals surface area (Å²) < 4.78 is 5.13. The molecule has 0 spiro atoms. The van der Waals surface area contributed by atoms with Gasteiger partial charge in [-0.1, -0.05) is 11.6 Å². The summed E-state index contributed by atoms with van der Waals surface area (Å²) in [6, 6.07) is 9.88. The highest BCUT2D eigenvalue weighted by Crippen LogP contribution is 2.20. The van der Waals surface area contributed by atoms with Gasteiger partial charge in [-0.15, -0.1) is 0 Å². The largest absolute Gasteiger partial charge is 0.466 e. The van der Waals surface area contributed by atoms with Crippen LogP contribution in [0.5, 0.6) is 0 Å². The average molecular weight is 280 g/mol. The first-order valence-electron chi connectivity index (χ1n) is 5.79. The summed E-state index contributed by atoms with van der Waals surface area (Å²) in [6.07, 6.45) is 1.48. The normalized spacial score (nSPS) is 13.8. The molecule has 0 aliphatic rings. The standard InChI is InChI=1S/C14H14ClNO3/c1-14(18,12-3-2-8-19-12)9-16-13(17)10-4-6-11(15)7-5-10/h2-8,18H,9H2,1H3,(H,16,17). The Balaban J connectivity index is 1.99. The quantitative estimate of drug-likeness (QED) is 0.904. The highest BCUT2D eigenvalue weighted by Gasteiger charge is 2.26. The monoisotopic (exact) mass is 279 g/mol. The van der Waals surface area contributed by atoms with Gasteiger partial charge in [-0.05, 0) is 43.3 Å². The van der Waals surface area contributed by atoms with Gasteiger partial charge < -0.3 is 14.8 Å². The number of furan rings is 1. The second kappa shape index (κ2) is 5.47. The fourth-order valence-corrected chi connectivity index (χ4v) is 1.75. The van der Waals surface area contributed by atoms with Gasteiger partial charge in [0.1, 0.15) is 11.4 Å². The van der Waals surface area contributed by atoms with E-state index in [0.29, 0.717) is 16.3 Å². The predicted octanol–water partition coefficient (Wildman–Crippen LogP) is 2.57. The van der Waals surface area contributed by atoms with Crippen molar-refractivity contribution >= 4 is 17.5 Å². The van der Waals surface area contributed by atoms with Crippen LogP contribution in [-0.2, 0) is 5.60 Å². The Kier molecular flexibility index (Phi) is 3.93. The third-order valence-corrected chi connectivity index (χ3v) is 3.00. The Hall–Kier alpha value is -1.78. The van der Waals surface area contributed by atoms with Crippen LogP contribution >= 0.6 is 11.6 Å². The van der Waals surface area contributed by atoms with E-state index in [1.165, 1.54) is 6.26 Å². The minimum Gasteiger partial charge on any atom is -0.466 e. The van der Waals surface area contributed by atoms with Crippen LogP contribution in [0.3, 0.4) is 0 Å². The topological polar surface area (TPSA) is 62.5 Å². The Morgan fingerprint density at radius 1 is 1.37 bits per heavy atom. The van der Waals surface area contributed by atoms with Crippen molar-refractivity contribution in [3.8, 4) is 0 Å². The zero-order valence-corrected chi connectivity index (χ0v) is 11.1. The molecule has 1 heterocycles. The number of rotatable bonds is 4. The van der Waals surface area contributed by atoms with Crippen molar-refractivity contribution in [2.45, 2.75) is 12.5 Å². The zero-order valence-electron chi connectivity index (χ0n) is 10.4. The molecule has 1 aromatic carbocycles. The fraction of sp³-hybridized carbons (Fsp3) is 0.214. The molecule has 19 heavy (non-hydrogen) atoms. The number of nitrogens with one attached hydrogen (secondary N) is 1. The Labute approximate surface area is 116 Å². The van der Waals surface area contributed by atoms with Gasteiger partial charge in [0.25, 0.3) is 5.91 Å². The van der Waals surface area contributed by atoms with Crippen LogP contribution < -0.4 is 5.32 Å². The lowest BCUT2D eigenvalue weighted by Gasteiger charge is -2.21. The number of carbonyl (C=O) groups is 1. The summed E-state index contributed by atoms with van der Waals surface area (Å²) in [5.41, 5.74) is -0.759. The lowest BCUT2D eigenvalue weighted by Crippen LogP contribution is -2.38. The maximum absolute atomic E-state index is 11.9. The van der Waals surface area contributed by atoms with Crippen molar-refractivity contribution in [2.24, 2.45) is 0 Å². The van der Waals surface area contributed by atoms with Crippen LogP contribution in [0, 0.1) is 0 Å². The van der Waals surface area contributed by atoms with E-state index in [-0.39, 0.29) is 12.5 Å². The number of aliphatic hydroxyl groups is 1. The molecule has 0 aliphatic carbocycles. The van der Waals surface area contributed by atoms with Crippen LogP contribution in [0.15, 0.2) is 47.1 Å². The Morgan fingerprint density at radius 2 is 2.05 bits per heavy atom. The first kappa shape index (κ1) is 13.6. The summed E-state index contributed by atoms with van der Waals surface area (Å²) in [7, 11) is 0. The van der Waals surface area contributed by atoms with Crippen molar-refractivity contribution in [3.63, 3.8) is 0 Å². The second-order valence-corrected chi connectivity index (χ2v) is 4.88. The molecule has 2 N–H and O–H groups in total. The molecule has 1 unspecified atom stereocenters. The van der Waals surface area contributed by atoms with E-state index >= 15 is 0 Å². The maximum atomic E-state index is 11.9. The molecule has 2 aromatic rings. The van der Waals surface area contributed by atoms with Crippen molar-refractivity contribution in [1.82, 2.24) is 5.32 Å². The molecular weight excluding hydrogens is 266 g/mol. The Morgan fingerprint density at radius 3 is 2.63 bits per heavy atom. The third-order valence-electron chi connectivity index (χ3n) is 2.75. The molecule has 0 fully saturated rings. The van der Waals surface area contributed by atoms with Gasteiger partial charge in [-0.3, -0.25) is 4.79 Å². The number of hydrogen-bond acceptors (Lipinski definition) is 3. The average Bonchev–Trinajstić information content (AvgIpc) is 2.91. The second-order valence-electron chi connectivity index (χ2n) is 4.44. The fourth-order valence-electron chi connectivity index (χ4n) is 1.63. The summed E-state index contributed by atoms with van der Waals surface area (Å²) >= 11 is 5.75. The van der Waals surface area contributed by atoms with E-state index in [2.05, 4.69) is 5.32 Å². The summed E-state index contributed by atoms with van der Waals surface area (Å²) in [6.45, 7) is 1.63. The van der Waals surface area contributed by atoms with E-state index < -0.39 is 5.60 Å². The molecule has 0 saturated carbocycles. The molecule has 0 radical (unpaired) electrons. The van der Waals surface area contributed by atoms with Gasteiger partial charge in [0.05, 0.1) is 12.8 Å². The number of amides is 1. The summed E-state index contributed by atoms with van der Waals surface area (Å²) in [5, 5.41) is 13.4. The smallest absolute Gasteiger partial charge is 0.251 e. The van der Waals surface area contributed by atoms with Gasteiger partial charge in [0.15, 0.2) is 0 Å². The van der Waals surface area contributed by atoms with Gasteiger partial charge in [0, 0.05) is 10.6 Å². The number of hydrogen-bond donors (Lipinski definition) is 2. The summed E-state index contributed by atoms with van der Waals surface area (Å²) in [5.74, 6) is 0.132. The Bertz CT molecular complexity index is 547. The molecule has 1 atom stereocenters. The van der Waals surface area contributed by atoms with Crippen LogP contribution in [0.1, 0.15) is 23.0 Å². The number of halogens is 1. The van der Waals surface area contributed by atoms with Crippen molar-refractivity contribution in [2.75, 3.05) is 6.54 Å². The van der Waals surface area contributed by atoms with Crippen LogP contribution in [0.2, 0.25) is 5.02 Å². The highest BCUT2D eigenvalue weighted by atomic mass is 35.5. The molecule has 0 bridgehead atoms. The van der Waals surface area contributed by atoms with Crippen LogP contribution in [0.4, 0.5) is 0 Å². The van der Waals surface area contributed by atoms with E-state index in [4.69, 9.17) is 16.0 Å². The number of carbonyl (C=O) groups excluding carboxylic acids is 1. The molecule has 0 aliphatic heterocycles. The minimum atomic E-state index is -1.24. The van der Waals surface area contributed by atoms with Crippen molar-refractivity contribution in [3.05, 3.63) is 59.0 Å². The predicted molar refractivity (Wildman–Crippen MR) is 72.1 cm³/mol. The van der Waals surface area contributed by atoms with Gasteiger partial charge in [0.2, 0.25) is 0 Å². The van der Waals surface area contributed by atoms with Gasteiger partial charge >= 0.3 is 0 Å². The molecule has 100 valence electrons. The maximum Gasteiger partial charge on any atom is 0.251 e. The van der Waals surface area contributed by atoms with Crippen molar-refractivity contribution < 1.29 is 14.3 Å². The molecule has 2 rings (SSSR count). The molecule has 4 nitrogen and oxygen atoms in total. The van der Waals surface area contributed by atoms with Crippen molar-refractivity contribution in [1.29, 1.82) is 0 Å². The van der Waals surface area contributed by atoms with E-state index in [1.54, 1.807) is 43.3 Å². The van der Waals surface area contributed by atoms with E-state index in [1.807, 2.05) is 0 Å². The minimum absolute atomic E-state index is 0.0575. The number of benzene rings is 1. The van der Waals surface area contributed by atoms with Gasteiger partial charge in [-0.2, -0.15) is 0 Å². The first-order chi connectivity index (χ1) is 8.99. The molecular formula is C14H14ClNO3. The lowest BCUT2D eigenvalue weighted by molar-refractivity contribution is 0.0330.